The number of piperidine rings is 1. The van der Waals surface area contributed by atoms with Crippen LogP contribution in [0.5, 0.6) is 0 Å². The highest BCUT2D eigenvalue weighted by Crippen LogP contribution is 2.42. The highest BCUT2D eigenvalue weighted by molar-refractivity contribution is 5.87. The number of hydrogen-bond donors (Lipinski definition) is 1. The summed E-state index contributed by atoms with van der Waals surface area (Å²) in [5, 5.41) is 11.5. The second-order valence-corrected chi connectivity index (χ2v) is 6.85. The van der Waals surface area contributed by atoms with E-state index in [0.717, 1.165) is 57.2 Å². The van der Waals surface area contributed by atoms with Crippen molar-refractivity contribution in [1.82, 2.24) is 4.90 Å². The minimum absolute atomic E-state index is 0.0416. The van der Waals surface area contributed by atoms with Gasteiger partial charge in [-0.2, -0.15) is 0 Å². The van der Waals surface area contributed by atoms with Crippen LogP contribution in [-0.2, 0) is 10.4 Å². The minimum Gasteiger partial charge on any atom is -0.375 e. The van der Waals surface area contributed by atoms with Crippen molar-refractivity contribution >= 4 is 5.91 Å². The Labute approximate surface area is 133 Å². The molecule has 22 heavy (non-hydrogen) atoms. The number of amides is 1. The average molecular weight is 300 g/mol. The van der Waals surface area contributed by atoms with Crippen molar-refractivity contribution in [2.24, 2.45) is 11.8 Å². The summed E-state index contributed by atoms with van der Waals surface area (Å²) in [6.07, 6.45) is 5.94. The van der Waals surface area contributed by atoms with Crippen LogP contribution >= 0.6 is 0 Å². The molecule has 119 valence electrons. The van der Waals surface area contributed by atoms with Crippen LogP contribution in [0.1, 0.15) is 44.1 Å². The third-order valence-electron chi connectivity index (χ3n) is 5.39. The van der Waals surface area contributed by atoms with E-state index in [-0.39, 0.29) is 11.8 Å². The fourth-order valence-corrected chi connectivity index (χ4v) is 3.95. The van der Waals surface area contributed by atoms with Crippen molar-refractivity contribution in [3.05, 3.63) is 42.8 Å². The van der Waals surface area contributed by atoms with Crippen LogP contribution in [0, 0.1) is 18.8 Å². The highest BCUT2D eigenvalue weighted by Gasteiger charge is 2.48. The van der Waals surface area contributed by atoms with E-state index in [1.54, 1.807) is 0 Å². The van der Waals surface area contributed by atoms with E-state index >= 15 is 0 Å². The number of aliphatic hydroxyl groups is 1. The summed E-state index contributed by atoms with van der Waals surface area (Å²) >= 11 is 0. The molecule has 3 rings (SSSR count). The molecule has 1 amide bonds. The molecule has 1 N–H and O–H groups in total. The van der Waals surface area contributed by atoms with Gasteiger partial charge in [0.2, 0.25) is 0 Å². The molecule has 1 radical (unpaired) electrons. The van der Waals surface area contributed by atoms with Gasteiger partial charge in [-0.05, 0) is 37.2 Å². The number of carbonyl (C=O) groups excluding carboxylic acids is 1. The normalized spacial score (nSPS) is 23.5. The van der Waals surface area contributed by atoms with Gasteiger partial charge < -0.3 is 10.0 Å². The van der Waals surface area contributed by atoms with Crippen molar-refractivity contribution in [2.45, 2.75) is 44.1 Å². The van der Waals surface area contributed by atoms with Gasteiger partial charge in [0.05, 0.1) is 0 Å². The summed E-state index contributed by atoms with van der Waals surface area (Å²) in [4.78, 5) is 15.0. The quantitative estimate of drug-likeness (QED) is 0.931. The lowest BCUT2D eigenvalue weighted by Crippen LogP contribution is -2.52. The smallest absolute Gasteiger partial charge is 0.259 e. The molecule has 0 aromatic heterocycles. The zero-order valence-corrected chi connectivity index (χ0v) is 13.2. The topological polar surface area (TPSA) is 40.5 Å². The Bertz CT molecular complexity index is 501. The van der Waals surface area contributed by atoms with Crippen molar-refractivity contribution in [1.29, 1.82) is 0 Å². The second kappa shape index (κ2) is 6.41. The molecule has 1 aromatic rings. The number of rotatable bonds is 3. The Morgan fingerprint density at radius 1 is 1.09 bits per heavy atom. The molecule has 3 nitrogen and oxygen atoms in total. The first-order valence-electron chi connectivity index (χ1n) is 8.52. The molecule has 1 saturated heterocycles. The largest absolute Gasteiger partial charge is 0.375 e. The van der Waals surface area contributed by atoms with Gasteiger partial charge in [-0.1, -0.05) is 50.1 Å². The molecule has 1 aliphatic heterocycles. The summed E-state index contributed by atoms with van der Waals surface area (Å²) in [6, 6.07) is 9.53. The number of likely N-dealkylation sites (tertiary alicyclic amines) is 1. The number of benzene rings is 1. The van der Waals surface area contributed by atoms with E-state index < -0.39 is 5.60 Å². The summed E-state index contributed by atoms with van der Waals surface area (Å²) in [7, 11) is 0. The fraction of sp³-hybridized carbons (Fsp3) is 0.579. The zero-order chi connectivity index (χ0) is 15.6. The lowest BCUT2D eigenvalue weighted by atomic mass is 9.78. The molecule has 0 spiro atoms. The van der Waals surface area contributed by atoms with Gasteiger partial charge in [0.25, 0.3) is 5.91 Å². The van der Waals surface area contributed by atoms with Gasteiger partial charge in [-0.15, -0.1) is 0 Å². The summed E-state index contributed by atoms with van der Waals surface area (Å²) in [5.74, 6) is 0.373. The number of nitrogens with zero attached hydrogens (tertiary/aromatic N) is 1. The molecule has 0 bridgehead atoms. The average Bonchev–Trinajstić information content (AvgIpc) is 3.10. The molecule has 1 unspecified atom stereocenters. The van der Waals surface area contributed by atoms with E-state index in [9.17, 15) is 9.90 Å². The third-order valence-corrected chi connectivity index (χ3v) is 5.39. The van der Waals surface area contributed by atoms with Crippen molar-refractivity contribution in [3.63, 3.8) is 0 Å². The first-order chi connectivity index (χ1) is 10.6. The van der Waals surface area contributed by atoms with Crippen LogP contribution in [0.2, 0.25) is 0 Å². The first kappa shape index (κ1) is 15.5. The van der Waals surface area contributed by atoms with Gasteiger partial charge in [-0.25, -0.2) is 0 Å². The molecule has 1 aliphatic carbocycles. The molecular weight excluding hydrogens is 274 g/mol. The minimum atomic E-state index is -1.36. The van der Waals surface area contributed by atoms with E-state index in [1.165, 1.54) is 0 Å². The molecular formula is C19H26NO2. The van der Waals surface area contributed by atoms with Crippen LogP contribution < -0.4 is 0 Å². The molecule has 1 atom stereocenters. The number of hydrogen-bond acceptors (Lipinski definition) is 2. The van der Waals surface area contributed by atoms with Crippen LogP contribution in [0.15, 0.2) is 30.3 Å². The number of carbonyl (C=O) groups is 1. The lowest BCUT2D eigenvalue weighted by molar-refractivity contribution is -0.160. The summed E-state index contributed by atoms with van der Waals surface area (Å²) in [6.45, 7) is 5.52. The van der Waals surface area contributed by atoms with Crippen molar-refractivity contribution < 1.29 is 9.90 Å². The maximum atomic E-state index is 13.2. The van der Waals surface area contributed by atoms with Crippen molar-refractivity contribution in [2.75, 3.05) is 13.1 Å². The molecule has 1 saturated carbocycles. The van der Waals surface area contributed by atoms with Gasteiger partial charge in [0.1, 0.15) is 0 Å². The van der Waals surface area contributed by atoms with Gasteiger partial charge >= 0.3 is 0 Å². The maximum Gasteiger partial charge on any atom is 0.259 e. The van der Waals surface area contributed by atoms with Crippen LogP contribution in [-0.4, -0.2) is 29.0 Å². The van der Waals surface area contributed by atoms with E-state index in [4.69, 9.17) is 0 Å². The predicted octanol–water partition coefficient (Wildman–Crippen LogP) is 3.14. The van der Waals surface area contributed by atoms with E-state index in [0.29, 0.717) is 5.92 Å². The molecule has 3 heteroatoms. The SMILES string of the molecule is [CH2]C1CCN(C(=O)C(O)(c2ccccc2)C2CCCC2)CC1. The third kappa shape index (κ3) is 2.79. The van der Waals surface area contributed by atoms with Gasteiger partial charge in [0.15, 0.2) is 5.60 Å². The highest BCUT2D eigenvalue weighted by atomic mass is 16.3. The Hall–Kier alpha value is -1.35. The molecule has 2 fully saturated rings. The first-order valence-corrected chi connectivity index (χ1v) is 8.52. The second-order valence-electron chi connectivity index (χ2n) is 6.85. The molecule has 1 aromatic carbocycles. The van der Waals surface area contributed by atoms with Gasteiger partial charge in [0, 0.05) is 19.0 Å². The Kier molecular flexibility index (Phi) is 4.53. The summed E-state index contributed by atoms with van der Waals surface area (Å²) in [5.41, 5.74) is -0.602. The molecule has 1 heterocycles. The lowest BCUT2D eigenvalue weighted by Gasteiger charge is -2.40. The van der Waals surface area contributed by atoms with Gasteiger partial charge in [-0.3, -0.25) is 4.79 Å². The standard InChI is InChI=1S/C19H26NO2/c1-15-11-13-20(14-12-15)18(21)19(22,17-9-5-6-10-17)16-7-3-2-4-8-16/h2-4,7-8,15,17,22H,1,5-6,9-14H2. The summed E-state index contributed by atoms with van der Waals surface area (Å²) < 4.78 is 0. The Morgan fingerprint density at radius 3 is 2.27 bits per heavy atom. The van der Waals surface area contributed by atoms with Crippen molar-refractivity contribution in [3.8, 4) is 0 Å². The monoisotopic (exact) mass is 300 g/mol. The maximum absolute atomic E-state index is 13.2. The Morgan fingerprint density at radius 2 is 1.68 bits per heavy atom. The van der Waals surface area contributed by atoms with E-state index in [1.807, 2.05) is 35.2 Å². The van der Waals surface area contributed by atoms with Crippen LogP contribution in [0.4, 0.5) is 0 Å². The van der Waals surface area contributed by atoms with E-state index in [2.05, 4.69) is 6.92 Å². The van der Waals surface area contributed by atoms with Crippen LogP contribution in [0.25, 0.3) is 0 Å². The predicted molar refractivity (Wildman–Crippen MR) is 87.0 cm³/mol. The molecule has 2 aliphatic rings. The van der Waals surface area contributed by atoms with Crippen LogP contribution in [0.3, 0.4) is 0 Å². The zero-order valence-electron chi connectivity index (χ0n) is 13.2. The fourth-order valence-electron chi connectivity index (χ4n) is 3.95. The Balaban J connectivity index is 1.89.